The summed E-state index contributed by atoms with van der Waals surface area (Å²) in [5.41, 5.74) is 3.06. The summed E-state index contributed by atoms with van der Waals surface area (Å²) in [5.74, 6) is 3.74. The molecule has 0 saturated carbocycles. The second-order valence-electron chi connectivity index (χ2n) is 8.81. The van der Waals surface area contributed by atoms with Gasteiger partial charge in [0.1, 0.15) is 17.3 Å². The van der Waals surface area contributed by atoms with Crippen molar-refractivity contribution < 1.29 is 23.7 Å². The van der Waals surface area contributed by atoms with Crippen LogP contribution in [0.25, 0.3) is 10.9 Å². The molecule has 1 fully saturated rings. The van der Waals surface area contributed by atoms with E-state index in [1.54, 1.807) is 14.2 Å². The first-order valence-corrected chi connectivity index (χ1v) is 12.4. The van der Waals surface area contributed by atoms with Crippen molar-refractivity contribution in [3.63, 3.8) is 0 Å². The number of nitrogens with zero attached hydrogens (tertiary/aromatic N) is 3. The molecule has 0 unspecified atom stereocenters. The van der Waals surface area contributed by atoms with Crippen molar-refractivity contribution in [3.8, 4) is 29.0 Å². The second kappa shape index (κ2) is 11.3. The number of hydrogen-bond acceptors (Lipinski definition) is 8. The monoisotopic (exact) mass is 501 g/mol. The third-order valence-electron chi connectivity index (χ3n) is 6.26. The molecule has 1 aliphatic heterocycles. The van der Waals surface area contributed by atoms with E-state index in [-0.39, 0.29) is 0 Å². The fourth-order valence-electron chi connectivity index (χ4n) is 4.25. The number of aromatic nitrogens is 2. The molecule has 0 radical (unpaired) electrons. The number of fused-ring (bicyclic) bond motifs is 1. The number of ether oxygens (including phenoxy) is 5. The molecule has 37 heavy (non-hydrogen) atoms. The van der Waals surface area contributed by atoms with Crippen LogP contribution in [0, 0.1) is 6.92 Å². The van der Waals surface area contributed by atoms with Gasteiger partial charge in [0.05, 0.1) is 39.6 Å². The van der Waals surface area contributed by atoms with Crippen LogP contribution in [0.4, 0.5) is 5.82 Å². The maximum atomic E-state index is 6.11. The van der Waals surface area contributed by atoms with Crippen molar-refractivity contribution in [2.24, 2.45) is 0 Å². The number of methoxy groups -OCH3 is 2. The van der Waals surface area contributed by atoms with E-state index >= 15 is 0 Å². The summed E-state index contributed by atoms with van der Waals surface area (Å²) in [6.07, 6.45) is 0.679. The molecule has 8 nitrogen and oxygen atoms in total. The first-order valence-electron chi connectivity index (χ1n) is 12.4. The molecule has 0 spiro atoms. The summed E-state index contributed by atoms with van der Waals surface area (Å²) in [6.45, 7) is 5.29. The number of hydrogen-bond donors (Lipinski definition) is 0. The highest BCUT2D eigenvalue weighted by atomic mass is 16.5. The van der Waals surface area contributed by atoms with Crippen LogP contribution in [-0.2, 0) is 11.2 Å². The maximum Gasteiger partial charge on any atom is 0.318 e. The maximum absolute atomic E-state index is 6.11. The van der Waals surface area contributed by atoms with Crippen molar-refractivity contribution in [3.05, 3.63) is 71.8 Å². The van der Waals surface area contributed by atoms with E-state index in [9.17, 15) is 0 Å². The van der Waals surface area contributed by atoms with E-state index in [0.29, 0.717) is 43.8 Å². The summed E-state index contributed by atoms with van der Waals surface area (Å²) in [7, 11) is 3.26. The van der Waals surface area contributed by atoms with Gasteiger partial charge >= 0.3 is 6.01 Å². The SMILES string of the molecule is COc1ccc(CCOc2nc(N3CCOCC3)c3cc(Oc4ccc(C)cc4)ccc3n2)cc1OC. The van der Waals surface area contributed by atoms with Crippen molar-refractivity contribution >= 4 is 16.7 Å². The van der Waals surface area contributed by atoms with Gasteiger partial charge in [0.25, 0.3) is 0 Å². The van der Waals surface area contributed by atoms with Crippen LogP contribution in [0.2, 0.25) is 0 Å². The van der Waals surface area contributed by atoms with Gasteiger partial charge < -0.3 is 28.6 Å². The number of aryl methyl sites for hydroxylation is 1. The third kappa shape index (κ3) is 5.86. The van der Waals surface area contributed by atoms with Crippen molar-refractivity contribution in [2.75, 3.05) is 52.0 Å². The fraction of sp³-hybridized carbons (Fsp3) is 0.310. The molecule has 0 aliphatic carbocycles. The first kappa shape index (κ1) is 24.6. The summed E-state index contributed by atoms with van der Waals surface area (Å²) in [5, 5.41) is 0.916. The lowest BCUT2D eigenvalue weighted by Crippen LogP contribution is -2.37. The van der Waals surface area contributed by atoms with Crippen LogP contribution >= 0.6 is 0 Å². The molecule has 0 amide bonds. The minimum Gasteiger partial charge on any atom is -0.493 e. The average Bonchev–Trinajstić information content (AvgIpc) is 2.94. The number of anilines is 1. The van der Waals surface area contributed by atoms with Crippen LogP contribution in [-0.4, -0.2) is 57.1 Å². The zero-order valence-electron chi connectivity index (χ0n) is 21.4. The molecule has 5 rings (SSSR count). The molecule has 3 aromatic carbocycles. The minimum atomic E-state index is 0.349. The zero-order valence-corrected chi connectivity index (χ0v) is 21.4. The predicted molar refractivity (Wildman–Crippen MR) is 143 cm³/mol. The molecule has 192 valence electrons. The Labute approximate surface area is 216 Å². The molecule has 0 bridgehead atoms. The summed E-state index contributed by atoms with van der Waals surface area (Å²) >= 11 is 0. The van der Waals surface area contributed by atoms with Gasteiger partial charge in [-0.2, -0.15) is 9.97 Å². The van der Waals surface area contributed by atoms with Gasteiger partial charge in [-0.25, -0.2) is 0 Å². The van der Waals surface area contributed by atoms with Crippen molar-refractivity contribution in [2.45, 2.75) is 13.3 Å². The highest BCUT2D eigenvalue weighted by molar-refractivity contribution is 5.91. The van der Waals surface area contributed by atoms with Crippen LogP contribution in [0.5, 0.6) is 29.0 Å². The lowest BCUT2D eigenvalue weighted by molar-refractivity contribution is 0.122. The Hall–Kier alpha value is -4.04. The van der Waals surface area contributed by atoms with Gasteiger partial charge in [-0.05, 0) is 55.0 Å². The molecule has 2 heterocycles. The molecular formula is C29H31N3O5. The lowest BCUT2D eigenvalue weighted by atomic mass is 10.1. The van der Waals surface area contributed by atoms with Gasteiger partial charge in [0.15, 0.2) is 11.5 Å². The Morgan fingerprint density at radius 3 is 2.35 bits per heavy atom. The minimum absolute atomic E-state index is 0.349. The molecule has 8 heteroatoms. The van der Waals surface area contributed by atoms with Crippen molar-refractivity contribution in [1.82, 2.24) is 9.97 Å². The Kier molecular flexibility index (Phi) is 7.56. The highest BCUT2D eigenvalue weighted by Crippen LogP contribution is 2.32. The third-order valence-corrected chi connectivity index (χ3v) is 6.26. The van der Waals surface area contributed by atoms with Gasteiger partial charge in [-0.1, -0.05) is 23.8 Å². The van der Waals surface area contributed by atoms with E-state index in [2.05, 4.69) is 11.8 Å². The molecule has 1 aliphatic rings. The smallest absolute Gasteiger partial charge is 0.318 e. The molecule has 4 aromatic rings. The normalized spacial score (nSPS) is 13.4. The number of morpholine rings is 1. The van der Waals surface area contributed by atoms with Crippen LogP contribution in [0.1, 0.15) is 11.1 Å². The highest BCUT2D eigenvalue weighted by Gasteiger charge is 2.19. The lowest BCUT2D eigenvalue weighted by Gasteiger charge is -2.29. The second-order valence-corrected chi connectivity index (χ2v) is 8.81. The van der Waals surface area contributed by atoms with Gasteiger partial charge in [0, 0.05) is 24.9 Å². The fourth-order valence-corrected chi connectivity index (χ4v) is 4.25. The van der Waals surface area contributed by atoms with Crippen LogP contribution in [0.3, 0.4) is 0 Å². The molecule has 1 aromatic heterocycles. The quantitative estimate of drug-likeness (QED) is 0.310. The molecule has 0 atom stereocenters. The van der Waals surface area contributed by atoms with Gasteiger partial charge in [0.2, 0.25) is 0 Å². The van der Waals surface area contributed by atoms with E-state index in [0.717, 1.165) is 46.9 Å². The Bertz CT molecular complexity index is 1350. The van der Waals surface area contributed by atoms with E-state index < -0.39 is 0 Å². The molecule has 1 saturated heterocycles. The summed E-state index contributed by atoms with van der Waals surface area (Å²) in [6, 6.07) is 20.1. The number of rotatable bonds is 9. The largest absolute Gasteiger partial charge is 0.493 e. The Morgan fingerprint density at radius 2 is 1.59 bits per heavy atom. The molecular weight excluding hydrogens is 470 g/mol. The first-order chi connectivity index (χ1) is 18.1. The van der Waals surface area contributed by atoms with Crippen molar-refractivity contribution in [1.29, 1.82) is 0 Å². The topological polar surface area (TPSA) is 75.2 Å². The van der Waals surface area contributed by atoms with Gasteiger partial charge in [-0.15, -0.1) is 0 Å². The average molecular weight is 502 g/mol. The summed E-state index contributed by atoms with van der Waals surface area (Å²) < 4.78 is 28.4. The number of benzene rings is 3. The standard InChI is InChI=1S/C29H31N3O5/c1-20-4-7-22(8-5-20)37-23-9-10-25-24(19-23)28(32-13-16-35-17-14-32)31-29(30-25)36-15-12-21-6-11-26(33-2)27(18-21)34-3/h4-11,18-19H,12-17H2,1-3H3. The summed E-state index contributed by atoms with van der Waals surface area (Å²) in [4.78, 5) is 11.7. The van der Waals surface area contributed by atoms with E-state index in [4.69, 9.17) is 33.7 Å². The van der Waals surface area contributed by atoms with E-state index in [1.165, 1.54) is 5.56 Å². The zero-order chi connectivity index (χ0) is 25.6. The van der Waals surface area contributed by atoms with Crippen LogP contribution in [0.15, 0.2) is 60.7 Å². The predicted octanol–water partition coefficient (Wildman–Crippen LogP) is 5.21. The molecule has 0 N–H and O–H groups in total. The van der Waals surface area contributed by atoms with Crippen LogP contribution < -0.4 is 23.8 Å². The van der Waals surface area contributed by atoms with Gasteiger partial charge in [-0.3, -0.25) is 0 Å². The Balaban J connectivity index is 1.38. The van der Waals surface area contributed by atoms with E-state index in [1.807, 2.05) is 60.7 Å². The Morgan fingerprint density at radius 1 is 0.838 bits per heavy atom.